The first-order chi connectivity index (χ1) is 10.1. The Morgan fingerprint density at radius 1 is 1.19 bits per heavy atom. The molecular formula is C15H26N2O4. The van der Waals surface area contributed by atoms with Crippen molar-refractivity contribution in [3.8, 4) is 0 Å². The fourth-order valence-corrected chi connectivity index (χ4v) is 3.66. The van der Waals surface area contributed by atoms with Gasteiger partial charge in [-0.15, -0.1) is 0 Å². The van der Waals surface area contributed by atoms with Crippen LogP contribution in [0.5, 0.6) is 0 Å². The van der Waals surface area contributed by atoms with E-state index in [1.807, 2.05) is 4.90 Å². The Morgan fingerprint density at radius 3 is 2.71 bits per heavy atom. The van der Waals surface area contributed by atoms with Gasteiger partial charge in [-0.2, -0.15) is 0 Å². The number of aliphatic hydroxyl groups is 1. The Balaban J connectivity index is 1.79. The molecule has 0 aromatic carbocycles. The van der Waals surface area contributed by atoms with Crippen molar-refractivity contribution < 1.29 is 19.8 Å². The topological polar surface area (TPSA) is 89.9 Å². The Labute approximate surface area is 125 Å². The summed E-state index contributed by atoms with van der Waals surface area (Å²) in [7, 11) is 0. The molecule has 2 fully saturated rings. The van der Waals surface area contributed by atoms with E-state index in [1.165, 1.54) is 0 Å². The van der Waals surface area contributed by atoms with Crippen LogP contribution in [0.25, 0.3) is 0 Å². The fraction of sp³-hybridized carbons (Fsp3) is 0.867. The third kappa shape index (κ3) is 4.09. The number of aliphatic carboxylic acids is 1. The zero-order valence-electron chi connectivity index (χ0n) is 12.5. The number of likely N-dealkylation sites (tertiary alicyclic amines) is 1. The van der Waals surface area contributed by atoms with Gasteiger partial charge < -0.3 is 20.4 Å². The second-order valence-corrected chi connectivity index (χ2v) is 6.18. The van der Waals surface area contributed by atoms with E-state index in [9.17, 15) is 9.59 Å². The SMILES string of the molecule is O=C(O)C1CCCC1CNC(=O)N1CCCC1CCCO. The van der Waals surface area contributed by atoms with Gasteiger partial charge in [0.25, 0.3) is 0 Å². The first-order valence-corrected chi connectivity index (χ1v) is 8.01. The minimum Gasteiger partial charge on any atom is -0.481 e. The van der Waals surface area contributed by atoms with Crippen molar-refractivity contribution in [1.29, 1.82) is 0 Å². The van der Waals surface area contributed by atoms with Crippen LogP contribution in [0.4, 0.5) is 4.79 Å². The van der Waals surface area contributed by atoms with Crippen molar-refractivity contribution in [3.63, 3.8) is 0 Å². The maximum absolute atomic E-state index is 12.3. The van der Waals surface area contributed by atoms with Gasteiger partial charge in [0.1, 0.15) is 0 Å². The lowest BCUT2D eigenvalue weighted by atomic mass is 9.96. The Morgan fingerprint density at radius 2 is 2.00 bits per heavy atom. The fourth-order valence-electron chi connectivity index (χ4n) is 3.66. The highest BCUT2D eigenvalue weighted by atomic mass is 16.4. The van der Waals surface area contributed by atoms with Gasteiger partial charge in [-0.1, -0.05) is 6.42 Å². The first kappa shape index (κ1) is 16.1. The molecule has 1 aliphatic carbocycles. The van der Waals surface area contributed by atoms with Crippen LogP contribution in [-0.4, -0.2) is 52.9 Å². The van der Waals surface area contributed by atoms with E-state index in [0.717, 1.165) is 51.5 Å². The van der Waals surface area contributed by atoms with Gasteiger partial charge in [-0.25, -0.2) is 4.79 Å². The van der Waals surface area contributed by atoms with Gasteiger partial charge >= 0.3 is 12.0 Å². The summed E-state index contributed by atoms with van der Waals surface area (Å²) in [5.41, 5.74) is 0. The molecule has 3 unspecified atom stereocenters. The summed E-state index contributed by atoms with van der Waals surface area (Å²) in [5.74, 6) is -0.993. The summed E-state index contributed by atoms with van der Waals surface area (Å²) in [6.07, 6.45) is 6.09. The molecule has 0 aromatic rings. The quantitative estimate of drug-likeness (QED) is 0.692. The Kier molecular flexibility index (Phi) is 5.85. The van der Waals surface area contributed by atoms with E-state index in [4.69, 9.17) is 10.2 Å². The highest BCUT2D eigenvalue weighted by Crippen LogP contribution is 2.31. The first-order valence-electron chi connectivity index (χ1n) is 8.01. The molecule has 0 bridgehead atoms. The lowest BCUT2D eigenvalue weighted by molar-refractivity contribution is -0.142. The molecule has 2 rings (SSSR count). The third-order valence-corrected chi connectivity index (χ3v) is 4.83. The van der Waals surface area contributed by atoms with Gasteiger partial charge in [-0.3, -0.25) is 4.79 Å². The predicted molar refractivity (Wildman–Crippen MR) is 77.9 cm³/mol. The molecule has 120 valence electrons. The van der Waals surface area contributed by atoms with E-state index in [2.05, 4.69) is 5.32 Å². The summed E-state index contributed by atoms with van der Waals surface area (Å²) in [6.45, 7) is 1.38. The molecular weight excluding hydrogens is 272 g/mol. The summed E-state index contributed by atoms with van der Waals surface area (Å²) in [5, 5.41) is 21.0. The van der Waals surface area contributed by atoms with E-state index in [-0.39, 0.29) is 30.5 Å². The van der Waals surface area contributed by atoms with Crippen LogP contribution in [0.1, 0.15) is 44.9 Å². The van der Waals surface area contributed by atoms with E-state index >= 15 is 0 Å². The largest absolute Gasteiger partial charge is 0.481 e. The van der Waals surface area contributed by atoms with Crippen LogP contribution in [0.2, 0.25) is 0 Å². The maximum atomic E-state index is 12.3. The summed E-state index contributed by atoms with van der Waals surface area (Å²) in [4.78, 5) is 25.2. The number of carbonyl (C=O) groups is 2. The van der Waals surface area contributed by atoms with Crippen LogP contribution in [0.15, 0.2) is 0 Å². The number of hydrogen-bond donors (Lipinski definition) is 3. The number of hydrogen-bond acceptors (Lipinski definition) is 3. The molecule has 6 nitrogen and oxygen atoms in total. The maximum Gasteiger partial charge on any atom is 0.317 e. The van der Waals surface area contributed by atoms with Gasteiger partial charge in [0.2, 0.25) is 0 Å². The van der Waals surface area contributed by atoms with Crippen LogP contribution in [0, 0.1) is 11.8 Å². The molecule has 1 heterocycles. The monoisotopic (exact) mass is 298 g/mol. The van der Waals surface area contributed by atoms with Gasteiger partial charge in [0, 0.05) is 25.7 Å². The van der Waals surface area contributed by atoms with Crippen molar-refractivity contribution in [3.05, 3.63) is 0 Å². The van der Waals surface area contributed by atoms with Crippen molar-refractivity contribution in [2.24, 2.45) is 11.8 Å². The minimum absolute atomic E-state index is 0.0601. The molecule has 2 aliphatic rings. The van der Waals surface area contributed by atoms with Crippen molar-refractivity contribution in [1.82, 2.24) is 10.2 Å². The zero-order valence-corrected chi connectivity index (χ0v) is 12.5. The highest BCUT2D eigenvalue weighted by Gasteiger charge is 2.34. The van der Waals surface area contributed by atoms with Crippen molar-refractivity contribution >= 4 is 12.0 Å². The van der Waals surface area contributed by atoms with E-state index in [1.54, 1.807) is 0 Å². The number of carbonyl (C=O) groups excluding carboxylic acids is 1. The number of nitrogens with one attached hydrogen (secondary N) is 1. The van der Waals surface area contributed by atoms with E-state index in [0.29, 0.717) is 6.54 Å². The van der Waals surface area contributed by atoms with Crippen LogP contribution in [-0.2, 0) is 4.79 Å². The zero-order chi connectivity index (χ0) is 15.2. The molecule has 0 radical (unpaired) electrons. The Bertz CT molecular complexity index is 375. The molecule has 1 saturated heterocycles. The normalized spacial score (nSPS) is 28.8. The molecule has 1 aliphatic heterocycles. The van der Waals surface area contributed by atoms with Gasteiger partial charge in [0.15, 0.2) is 0 Å². The second kappa shape index (κ2) is 7.64. The predicted octanol–water partition coefficient (Wildman–Crippen LogP) is 1.43. The van der Waals surface area contributed by atoms with Gasteiger partial charge in [0.05, 0.1) is 5.92 Å². The lowest BCUT2D eigenvalue weighted by Gasteiger charge is -2.26. The van der Waals surface area contributed by atoms with Crippen LogP contribution >= 0.6 is 0 Å². The summed E-state index contributed by atoms with van der Waals surface area (Å²) >= 11 is 0. The number of urea groups is 1. The summed E-state index contributed by atoms with van der Waals surface area (Å²) < 4.78 is 0. The van der Waals surface area contributed by atoms with Crippen LogP contribution < -0.4 is 5.32 Å². The van der Waals surface area contributed by atoms with Crippen molar-refractivity contribution in [2.45, 2.75) is 51.0 Å². The number of aliphatic hydroxyl groups excluding tert-OH is 1. The van der Waals surface area contributed by atoms with Crippen molar-refractivity contribution in [2.75, 3.05) is 19.7 Å². The molecule has 1 saturated carbocycles. The summed E-state index contributed by atoms with van der Waals surface area (Å²) in [6, 6.07) is 0.141. The molecule has 2 amide bonds. The lowest BCUT2D eigenvalue weighted by Crippen LogP contribution is -2.45. The molecule has 0 spiro atoms. The molecule has 3 atom stereocenters. The van der Waals surface area contributed by atoms with Gasteiger partial charge in [-0.05, 0) is 44.4 Å². The molecule has 21 heavy (non-hydrogen) atoms. The minimum atomic E-state index is -0.742. The Hall–Kier alpha value is -1.30. The number of carboxylic acid groups (broad SMARTS) is 1. The van der Waals surface area contributed by atoms with Crippen LogP contribution in [0.3, 0.4) is 0 Å². The standard InChI is InChI=1S/C15H26N2O4/c18-9-3-6-12-5-2-8-17(12)15(21)16-10-11-4-1-7-13(11)14(19)20/h11-13,18H,1-10H2,(H,16,21)(H,19,20). The third-order valence-electron chi connectivity index (χ3n) is 4.83. The number of nitrogens with zero attached hydrogens (tertiary/aromatic N) is 1. The highest BCUT2D eigenvalue weighted by molar-refractivity contribution is 5.75. The molecule has 6 heteroatoms. The average Bonchev–Trinajstić information content (AvgIpc) is 3.11. The smallest absolute Gasteiger partial charge is 0.317 e. The van der Waals surface area contributed by atoms with E-state index < -0.39 is 5.97 Å². The number of amides is 2. The molecule has 3 N–H and O–H groups in total. The number of rotatable bonds is 6. The molecule has 0 aromatic heterocycles. The number of carboxylic acids is 1. The average molecular weight is 298 g/mol. The second-order valence-electron chi connectivity index (χ2n) is 6.18.